The molecule has 10 atom stereocenters. The van der Waals surface area contributed by atoms with E-state index in [0.717, 1.165) is 0 Å². The fourth-order valence-electron chi connectivity index (χ4n) is 5.65. The third-order valence-electron chi connectivity index (χ3n) is 6.97. The first-order valence-electron chi connectivity index (χ1n) is 13.9. The summed E-state index contributed by atoms with van der Waals surface area (Å²) in [5, 5.41) is 0. The van der Waals surface area contributed by atoms with Crippen molar-refractivity contribution in [1.82, 2.24) is 0 Å². The summed E-state index contributed by atoms with van der Waals surface area (Å²) < 4.78 is 58.2. The van der Waals surface area contributed by atoms with E-state index in [-0.39, 0.29) is 13.0 Å². The second-order valence-corrected chi connectivity index (χ2v) is 11.5. The van der Waals surface area contributed by atoms with Crippen molar-refractivity contribution in [3.8, 4) is 0 Å². The summed E-state index contributed by atoms with van der Waals surface area (Å²) in [6, 6.07) is 0. The molecule has 4 fully saturated rings. The molecule has 42 heavy (non-hydrogen) atoms. The highest BCUT2D eigenvalue weighted by Crippen LogP contribution is 2.44. The molecule has 0 N–H and O–H groups in total. The zero-order chi connectivity index (χ0) is 31.0. The fraction of sp³-hybridized carbons (Fsp3) is 0.786. The average molecular weight is 601 g/mol. The van der Waals surface area contributed by atoms with E-state index >= 15 is 0 Å². The molecule has 0 spiro atoms. The molecule has 0 aromatic carbocycles. The molecule has 0 radical (unpaired) electrons. The van der Waals surface area contributed by atoms with E-state index in [1.54, 1.807) is 39.8 Å². The van der Waals surface area contributed by atoms with Gasteiger partial charge in [0.2, 0.25) is 0 Å². The van der Waals surface area contributed by atoms with Crippen LogP contribution < -0.4 is 0 Å². The Kier molecular flexibility index (Phi) is 9.65. The van der Waals surface area contributed by atoms with Crippen LogP contribution in [0.5, 0.6) is 0 Å². The molecule has 0 bridgehead atoms. The van der Waals surface area contributed by atoms with Gasteiger partial charge in [-0.3, -0.25) is 19.2 Å². The Bertz CT molecular complexity index is 1070. The summed E-state index contributed by atoms with van der Waals surface area (Å²) in [5.41, 5.74) is 0. The third-order valence-corrected chi connectivity index (χ3v) is 6.97. The minimum Gasteiger partial charge on any atom is -0.463 e. The smallest absolute Gasteiger partial charge is 0.303 e. The van der Waals surface area contributed by atoms with Gasteiger partial charge in [-0.05, 0) is 34.1 Å². The summed E-state index contributed by atoms with van der Waals surface area (Å²) in [6.45, 7) is 11.6. The van der Waals surface area contributed by atoms with Gasteiger partial charge in [0.05, 0.1) is 0 Å². The second kappa shape index (κ2) is 12.5. The van der Waals surface area contributed by atoms with Crippen molar-refractivity contribution in [2.75, 3.05) is 6.61 Å². The van der Waals surface area contributed by atoms with Crippen molar-refractivity contribution in [1.29, 1.82) is 0 Å². The van der Waals surface area contributed by atoms with E-state index in [1.807, 2.05) is 0 Å². The van der Waals surface area contributed by atoms with Crippen molar-refractivity contribution in [3.05, 3.63) is 12.2 Å². The van der Waals surface area contributed by atoms with E-state index in [1.165, 1.54) is 27.7 Å². The van der Waals surface area contributed by atoms with Crippen LogP contribution in [0.15, 0.2) is 12.2 Å². The van der Waals surface area contributed by atoms with Gasteiger partial charge in [0, 0.05) is 27.7 Å². The summed E-state index contributed by atoms with van der Waals surface area (Å²) in [7, 11) is 0. The summed E-state index contributed by atoms with van der Waals surface area (Å²) in [5.74, 6) is -4.40. The summed E-state index contributed by atoms with van der Waals surface area (Å²) >= 11 is 0. The van der Waals surface area contributed by atoms with Crippen LogP contribution in [-0.2, 0) is 66.5 Å². The van der Waals surface area contributed by atoms with Gasteiger partial charge in [-0.1, -0.05) is 12.2 Å². The lowest BCUT2D eigenvalue weighted by Crippen LogP contribution is -2.62. The van der Waals surface area contributed by atoms with E-state index in [4.69, 9.17) is 47.4 Å². The Morgan fingerprint density at radius 2 is 1.17 bits per heavy atom. The van der Waals surface area contributed by atoms with Gasteiger partial charge < -0.3 is 47.4 Å². The van der Waals surface area contributed by atoms with Crippen LogP contribution in [-0.4, -0.2) is 103 Å². The predicted octanol–water partition coefficient (Wildman–Crippen LogP) is 1.45. The molecule has 4 aliphatic rings. The Hall–Kier alpha value is -2.62. The highest BCUT2D eigenvalue weighted by Gasteiger charge is 2.60. The minimum atomic E-state index is -1.24. The number of esters is 4. The molecule has 0 unspecified atom stereocenters. The number of hydrogen-bond donors (Lipinski definition) is 0. The Morgan fingerprint density at radius 3 is 1.76 bits per heavy atom. The molecule has 4 heterocycles. The average Bonchev–Trinajstić information content (AvgIpc) is 3.34. The van der Waals surface area contributed by atoms with Gasteiger partial charge in [-0.2, -0.15) is 0 Å². The van der Waals surface area contributed by atoms with Crippen LogP contribution in [0.4, 0.5) is 0 Å². The van der Waals surface area contributed by atoms with Crippen molar-refractivity contribution >= 4 is 23.9 Å². The van der Waals surface area contributed by atoms with E-state index in [0.29, 0.717) is 0 Å². The van der Waals surface area contributed by atoms with E-state index in [2.05, 4.69) is 0 Å². The first-order valence-corrected chi connectivity index (χ1v) is 13.9. The Morgan fingerprint density at radius 1 is 0.643 bits per heavy atom. The fourth-order valence-corrected chi connectivity index (χ4v) is 5.65. The SMILES string of the molecule is CC(=O)OC[C@H]1O[C@H](C/C=C\[C@H]2O[C@@H]3OC(C)(C)O[C@@H]3[C@H]3OC(C)(C)O[C@H]32)[C@H](OC(C)=O)[C@@H](OC(C)=O)[C@H]1OC(C)=O. The number of carbonyl (C=O) groups is 4. The van der Waals surface area contributed by atoms with Crippen molar-refractivity contribution in [2.24, 2.45) is 0 Å². The van der Waals surface area contributed by atoms with Gasteiger partial charge in [0.25, 0.3) is 0 Å². The Labute approximate surface area is 244 Å². The van der Waals surface area contributed by atoms with Crippen molar-refractivity contribution in [2.45, 2.75) is 135 Å². The minimum absolute atomic E-state index is 0.136. The molecular weight excluding hydrogens is 560 g/mol. The largest absolute Gasteiger partial charge is 0.463 e. The molecule has 0 aromatic rings. The van der Waals surface area contributed by atoms with Gasteiger partial charge in [-0.15, -0.1) is 0 Å². The maximum Gasteiger partial charge on any atom is 0.303 e. The predicted molar refractivity (Wildman–Crippen MR) is 138 cm³/mol. The molecule has 0 aliphatic carbocycles. The number of fused-ring (bicyclic) bond motifs is 3. The van der Waals surface area contributed by atoms with Crippen LogP contribution in [0.3, 0.4) is 0 Å². The first-order chi connectivity index (χ1) is 19.5. The van der Waals surface area contributed by atoms with Gasteiger partial charge >= 0.3 is 23.9 Å². The number of rotatable bonds is 8. The van der Waals surface area contributed by atoms with Crippen LogP contribution in [0.2, 0.25) is 0 Å². The maximum absolute atomic E-state index is 12.1. The highest BCUT2D eigenvalue weighted by molar-refractivity contribution is 5.68. The van der Waals surface area contributed by atoms with Crippen LogP contribution >= 0.6 is 0 Å². The third kappa shape index (κ3) is 7.66. The normalized spacial score (nSPS) is 38.3. The molecular formula is C28H40O14. The molecule has 0 aromatic heterocycles. The van der Waals surface area contributed by atoms with Gasteiger partial charge in [0.15, 0.2) is 36.2 Å². The number of carbonyl (C=O) groups excluding carboxylic acids is 4. The molecule has 4 rings (SSSR count). The maximum atomic E-state index is 12.1. The van der Waals surface area contributed by atoms with Crippen LogP contribution in [0.1, 0.15) is 61.8 Å². The first kappa shape index (κ1) is 32.3. The molecule has 4 saturated heterocycles. The molecule has 0 saturated carbocycles. The topological polar surface area (TPSA) is 161 Å². The molecule has 4 aliphatic heterocycles. The van der Waals surface area contributed by atoms with Gasteiger partial charge in [0.1, 0.15) is 43.2 Å². The zero-order valence-corrected chi connectivity index (χ0v) is 25.1. The molecule has 0 amide bonds. The zero-order valence-electron chi connectivity index (χ0n) is 25.1. The standard InChI is InChI=1S/C28H40O14/c1-13(29)33-12-19-21(35-15(3)31)23(36-16(4)32)20(34-14(2)30)17(37-19)10-9-11-18-22-24(40-27(5,6)39-22)25-26(38-18)42-28(7,8)41-25/h9,11,17-26H,10,12H2,1-8H3/b11-9-/t17-,18-,19-,20+,21+,22+,23-,24+,25-,26-/m1/s1. The monoisotopic (exact) mass is 600 g/mol. The number of hydrogen-bond acceptors (Lipinski definition) is 14. The lowest BCUT2D eigenvalue weighted by atomic mass is 9.92. The lowest BCUT2D eigenvalue weighted by Gasteiger charge is -2.44. The summed E-state index contributed by atoms with van der Waals surface area (Å²) in [6.07, 6.45) is -4.63. The quantitative estimate of drug-likeness (QED) is 0.224. The van der Waals surface area contributed by atoms with E-state index in [9.17, 15) is 19.2 Å². The van der Waals surface area contributed by atoms with Crippen molar-refractivity contribution < 1.29 is 66.5 Å². The molecule has 14 heteroatoms. The molecule has 236 valence electrons. The highest BCUT2D eigenvalue weighted by atomic mass is 16.9. The summed E-state index contributed by atoms with van der Waals surface area (Å²) in [4.78, 5) is 47.7. The number of ether oxygens (including phenoxy) is 10. The second-order valence-electron chi connectivity index (χ2n) is 11.5. The van der Waals surface area contributed by atoms with E-state index < -0.39 is 96.7 Å². The molecule has 14 nitrogen and oxygen atoms in total. The van der Waals surface area contributed by atoms with Gasteiger partial charge in [-0.25, -0.2) is 0 Å². The van der Waals surface area contributed by atoms with Crippen LogP contribution in [0.25, 0.3) is 0 Å². The van der Waals surface area contributed by atoms with Crippen molar-refractivity contribution in [3.63, 3.8) is 0 Å². The Balaban J connectivity index is 1.58. The van der Waals surface area contributed by atoms with Crippen LogP contribution in [0, 0.1) is 0 Å². The lowest BCUT2D eigenvalue weighted by molar-refractivity contribution is -0.251.